The molecule has 112 valence electrons. The molecule has 0 amide bonds. The van der Waals surface area contributed by atoms with E-state index in [0.717, 1.165) is 5.56 Å². The van der Waals surface area contributed by atoms with Crippen LogP contribution in [0.4, 0.5) is 0 Å². The Kier molecular flexibility index (Phi) is 7.79. The third kappa shape index (κ3) is 9.02. The lowest BCUT2D eigenvalue weighted by Crippen LogP contribution is -2.44. The SMILES string of the molecule is CC(C)(O)C(C)(C)O.[B]c1cc([B])cc(CSC(C)=O)c1. The predicted molar refractivity (Wildman–Crippen MR) is 91.8 cm³/mol. The molecular weight excluding hydrogens is 282 g/mol. The quantitative estimate of drug-likeness (QED) is 0.802. The van der Waals surface area contributed by atoms with Gasteiger partial charge in [0.2, 0.25) is 0 Å². The molecule has 4 radical (unpaired) electrons. The number of hydrogen-bond donors (Lipinski definition) is 2. The summed E-state index contributed by atoms with van der Waals surface area (Å²) in [4.78, 5) is 10.7. The summed E-state index contributed by atoms with van der Waals surface area (Å²) >= 11 is 1.25. The minimum Gasteiger partial charge on any atom is -0.387 e. The molecule has 0 bridgehead atoms. The first-order valence-corrected chi connectivity index (χ1v) is 7.54. The highest BCUT2D eigenvalue weighted by Gasteiger charge is 2.31. The molecule has 3 nitrogen and oxygen atoms in total. The Morgan fingerprint density at radius 1 is 1.05 bits per heavy atom. The standard InChI is InChI=1S/C9H8B2OS.C6H14O2/c1-6(12)13-5-7-2-8(10)4-9(11)3-7;1-5(2,7)6(3,4)8/h2-4H,5H2,1H3;7-8H,1-4H3. The lowest BCUT2D eigenvalue weighted by molar-refractivity contribution is -0.109. The third-order valence-electron chi connectivity index (χ3n) is 2.98. The van der Waals surface area contributed by atoms with Crippen LogP contribution in [0.15, 0.2) is 18.2 Å². The molecule has 1 rings (SSSR count). The Labute approximate surface area is 134 Å². The maximum Gasteiger partial charge on any atom is 0.186 e. The van der Waals surface area contributed by atoms with Crippen LogP contribution in [0.2, 0.25) is 0 Å². The normalized spacial score (nSPS) is 11.6. The Hall–Kier alpha value is -0.710. The summed E-state index contributed by atoms with van der Waals surface area (Å²) in [5.41, 5.74) is 0.246. The molecule has 21 heavy (non-hydrogen) atoms. The third-order valence-corrected chi connectivity index (χ3v) is 3.86. The zero-order valence-electron chi connectivity index (χ0n) is 13.3. The Balaban J connectivity index is 0.000000433. The molecule has 0 spiro atoms. The summed E-state index contributed by atoms with van der Waals surface area (Å²) in [6.45, 7) is 7.85. The molecular formula is C15H22B2O3S. The monoisotopic (exact) mass is 304 g/mol. The minimum absolute atomic E-state index is 0.0981. The largest absolute Gasteiger partial charge is 0.387 e. The molecule has 0 atom stereocenters. The van der Waals surface area contributed by atoms with Gasteiger partial charge in [-0.25, -0.2) is 0 Å². The molecule has 0 aliphatic carbocycles. The van der Waals surface area contributed by atoms with Gasteiger partial charge in [-0.1, -0.05) is 40.9 Å². The molecule has 1 aromatic carbocycles. The van der Waals surface area contributed by atoms with Gasteiger partial charge in [0.1, 0.15) is 15.7 Å². The second-order valence-corrected chi connectivity index (χ2v) is 7.06. The van der Waals surface area contributed by atoms with Crippen LogP contribution in [0.5, 0.6) is 0 Å². The summed E-state index contributed by atoms with van der Waals surface area (Å²) in [6.07, 6.45) is 0. The predicted octanol–water partition coefficient (Wildman–Crippen LogP) is 0.582. The first-order chi connectivity index (χ1) is 9.33. The van der Waals surface area contributed by atoms with Gasteiger partial charge in [-0.3, -0.25) is 4.79 Å². The molecule has 0 aliphatic heterocycles. The van der Waals surface area contributed by atoms with Crippen molar-refractivity contribution in [3.63, 3.8) is 0 Å². The van der Waals surface area contributed by atoms with Gasteiger partial charge in [0.25, 0.3) is 0 Å². The van der Waals surface area contributed by atoms with E-state index in [1.165, 1.54) is 11.8 Å². The molecule has 0 aliphatic rings. The number of thioether (sulfide) groups is 1. The van der Waals surface area contributed by atoms with Crippen molar-refractivity contribution in [2.45, 2.75) is 51.6 Å². The van der Waals surface area contributed by atoms with E-state index in [1.54, 1.807) is 40.7 Å². The average Bonchev–Trinajstić information content (AvgIpc) is 2.23. The van der Waals surface area contributed by atoms with Crippen LogP contribution in [-0.4, -0.2) is 42.2 Å². The van der Waals surface area contributed by atoms with E-state index in [0.29, 0.717) is 16.7 Å². The van der Waals surface area contributed by atoms with Crippen LogP contribution in [0.1, 0.15) is 40.2 Å². The van der Waals surface area contributed by atoms with Crippen LogP contribution >= 0.6 is 11.8 Å². The van der Waals surface area contributed by atoms with Gasteiger partial charge in [0, 0.05) is 12.7 Å². The highest BCUT2D eigenvalue weighted by molar-refractivity contribution is 8.12. The van der Waals surface area contributed by atoms with Gasteiger partial charge in [-0.2, -0.15) is 0 Å². The zero-order valence-corrected chi connectivity index (χ0v) is 14.1. The van der Waals surface area contributed by atoms with Crippen molar-refractivity contribution in [3.05, 3.63) is 23.8 Å². The van der Waals surface area contributed by atoms with Crippen LogP contribution in [0.25, 0.3) is 0 Å². The van der Waals surface area contributed by atoms with Gasteiger partial charge in [0.15, 0.2) is 5.12 Å². The van der Waals surface area contributed by atoms with Gasteiger partial charge in [-0.05, 0) is 33.3 Å². The van der Waals surface area contributed by atoms with E-state index in [4.69, 9.17) is 25.9 Å². The number of carbonyl (C=O) groups is 1. The smallest absolute Gasteiger partial charge is 0.186 e. The van der Waals surface area contributed by atoms with Crippen molar-refractivity contribution in [2.75, 3.05) is 0 Å². The van der Waals surface area contributed by atoms with Gasteiger partial charge >= 0.3 is 0 Å². The maximum atomic E-state index is 10.7. The minimum atomic E-state index is -1.01. The molecule has 2 N–H and O–H groups in total. The van der Waals surface area contributed by atoms with Gasteiger partial charge in [-0.15, -0.1) is 0 Å². The van der Waals surface area contributed by atoms with Crippen molar-refractivity contribution in [3.8, 4) is 0 Å². The van der Waals surface area contributed by atoms with E-state index in [2.05, 4.69) is 0 Å². The van der Waals surface area contributed by atoms with E-state index in [1.807, 2.05) is 12.1 Å². The zero-order chi connectivity index (χ0) is 16.8. The van der Waals surface area contributed by atoms with Crippen LogP contribution in [0.3, 0.4) is 0 Å². The van der Waals surface area contributed by atoms with Crippen molar-refractivity contribution >= 4 is 43.5 Å². The first-order valence-electron chi connectivity index (χ1n) is 6.56. The first kappa shape index (κ1) is 20.3. The highest BCUT2D eigenvalue weighted by atomic mass is 32.2. The average molecular weight is 304 g/mol. The number of rotatable bonds is 3. The topological polar surface area (TPSA) is 57.5 Å². The summed E-state index contributed by atoms with van der Waals surface area (Å²) in [7, 11) is 11.2. The molecule has 0 aromatic heterocycles. The number of hydrogen-bond acceptors (Lipinski definition) is 4. The van der Waals surface area contributed by atoms with Gasteiger partial charge in [0.05, 0.1) is 11.2 Å². The Morgan fingerprint density at radius 2 is 1.43 bits per heavy atom. The number of carbonyl (C=O) groups excluding carboxylic acids is 1. The van der Waals surface area contributed by atoms with Crippen LogP contribution in [-0.2, 0) is 10.5 Å². The summed E-state index contributed by atoms with van der Waals surface area (Å²) in [6, 6.07) is 5.35. The molecule has 0 unspecified atom stereocenters. The van der Waals surface area contributed by atoms with Crippen LogP contribution in [0, 0.1) is 0 Å². The molecule has 0 fully saturated rings. The van der Waals surface area contributed by atoms with E-state index in [-0.39, 0.29) is 5.12 Å². The summed E-state index contributed by atoms with van der Waals surface area (Å²) < 4.78 is 0. The van der Waals surface area contributed by atoms with Crippen molar-refractivity contribution in [1.29, 1.82) is 0 Å². The molecule has 1 aromatic rings. The summed E-state index contributed by atoms with van der Waals surface area (Å²) in [5, 5.41) is 18.3. The van der Waals surface area contributed by atoms with E-state index in [9.17, 15) is 4.79 Å². The molecule has 6 heteroatoms. The van der Waals surface area contributed by atoms with Gasteiger partial charge < -0.3 is 10.2 Å². The fourth-order valence-corrected chi connectivity index (χ4v) is 1.55. The fraction of sp³-hybridized carbons (Fsp3) is 0.533. The molecule has 0 saturated heterocycles. The van der Waals surface area contributed by atoms with Crippen molar-refractivity contribution in [2.24, 2.45) is 0 Å². The molecule has 0 saturated carbocycles. The molecule has 0 heterocycles. The summed E-state index contributed by atoms with van der Waals surface area (Å²) in [5.74, 6) is 0.630. The number of aliphatic hydroxyl groups is 2. The lowest BCUT2D eigenvalue weighted by Gasteiger charge is -2.31. The van der Waals surface area contributed by atoms with Crippen molar-refractivity contribution < 1.29 is 15.0 Å². The van der Waals surface area contributed by atoms with Crippen LogP contribution < -0.4 is 10.9 Å². The highest BCUT2D eigenvalue weighted by Crippen LogP contribution is 2.19. The second kappa shape index (κ2) is 8.06. The van der Waals surface area contributed by atoms with E-state index < -0.39 is 11.2 Å². The Morgan fingerprint density at radius 3 is 1.71 bits per heavy atom. The van der Waals surface area contributed by atoms with Crippen molar-refractivity contribution in [1.82, 2.24) is 0 Å². The van der Waals surface area contributed by atoms with E-state index >= 15 is 0 Å². The second-order valence-electron chi connectivity index (χ2n) is 5.91. The number of benzene rings is 1. The fourth-order valence-electron chi connectivity index (χ4n) is 1.01. The lowest BCUT2D eigenvalue weighted by atomic mass is 9.86. The Bertz CT molecular complexity index is 445. The maximum absolute atomic E-state index is 10.7.